The van der Waals surface area contributed by atoms with Crippen LogP contribution >= 0.6 is 0 Å². The quantitative estimate of drug-likeness (QED) is 0.836. The summed E-state index contributed by atoms with van der Waals surface area (Å²) in [5.74, 6) is 1.39. The number of hydrogen-bond acceptors (Lipinski definition) is 4. The molecule has 1 aromatic heterocycles. The third-order valence-corrected chi connectivity index (χ3v) is 5.17. The van der Waals surface area contributed by atoms with Crippen LogP contribution in [0, 0.1) is 5.92 Å². The van der Waals surface area contributed by atoms with E-state index >= 15 is 0 Å². The first-order valence-electron chi connectivity index (χ1n) is 9.17. The Morgan fingerprint density at radius 2 is 1.84 bits per heavy atom. The van der Waals surface area contributed by atoms with E-state index in [9.17, 15) is 5.11 Å². The van der Waals surface area contributed by atoms with Crippen LogP contribution in [0.4, 0.5) is 0 Å². The Morgan fingerprint density at radius 1 is 1.08 bits per heavy atom. The molecule has 0 aliphatic heterocycles. The van der Waals surface area contributed by atoms with Crippen LogP contribution in [0.1, 0.15) is 36.9 Å². The minimum atomic E-state index is 0.344. The van der Waals surface area contributed by atoms with Crippen molar-refractivity contribution in [3.8, 4) is 5.75 Å². The van der Waals surface area contributed by atoms with Gasteiger partial charge in [-0.2, -0.15) is 0 Å². The highest BCUT2D eigenvalue weighted by atomic mass is 16.5. The van der Waals surface area contributed by atoms with Gasteiger partial charge in [-0.05, 0) is 68.5 Å². The Labute approximate surface area is 150 Å². The first-order valence-corrected chi connectivity index (χ1v) is 9.17. The normalized spacial score (nSPS) is 20.6. The highest BCUT2D eigenvalue weighted by molar-refractivity contribution is 5.27. The SMILES string of the molecule is CN(Cc1ccc(OCc2ccccn2)cc1)C1CCC(CO)CC1. The van der Waals surface area contributed by atoms with Gasteiger partial charge in [0, 0.05) is 25.4 Å². The Morgan fingerprint density at radius 3 is 2.48 bits per heavy atom. The lowest BCUT2D eigenvalue weighted by molar-refractivity contribution is 0.124. The maximum Gasteiger partial charge on any atom is 0.130 e. The molecule has 1 saturated carbocycles. The summed E-state index contributed by atoms with van der Waals surface area (Å²) >= 11 is 0. The molecule has 1 aliphatic carbocycles. The molecule has 25 heavy (non-hydrogen) atoms. The van der Waals surface area contributed by atoms with Crippen molar-refractivity contribution in [2.75, 3.05) is 13.7 Å². The Balaban J connectivity index is 1.47. The van der Waals surface area contributed by atoms with Crippen molar-refractivity contribution in [2.45, 2.75) is 44.9 Å². The van der Waals surface area contributed by atoms with Gasteiger partial charge in [-0.25, -0.2) is 0 Å². The van der Waals surface area contributed by atoms with E-state index in [4.69, 9.17) is 4.74 Å². The van der Waals surface area contributed by atoms with E-state index in [1.807, 2.05) is 30.3 Å². The monoisotopic (exact) mass is 340 g/mol. The average molecular weight is 340 g/mol. The number of pyridine rings is 1. The number of hydrogen-bond donors (Lipinski definition) is 1. The van der Waals surface area contributed by atoms with Crippen LogP contribution in [0.15, 0.2) is 48.7 Å². The van der Waals surface area contributed by atoms with Crippen molar-refractivity contribution >= 4 is 0 Å². The Kier molecular flexibility index (Phi) is 6.42. The summed E-state index contributed by atoms with van der Waals surface area (Å²) in [7, 11) is 2.20. The van der Waals surface area contributed by atoms with Crippen LogP contribution in [0.3, 0.4) is 0 Å². The summed E-state index contributed by atoms with van der Waals surface area (Å²) in [6.45, 7) is 1.79. The fourth-order valence-electron chi connectivity index (χ4n) is 3.52. The summed E-state index contributed by atoms with van der Waals surface area (Å²) in [5, 5.41) is 9.26. The van der Waals surface area contributed by atoms with Gasteiger partial charge < -0.3 is 9.84 Å². The van der Waals surface area contributed by atoms with Gasteiger partial charge >= 0.3 is 0 Å². The molecule has 1 fully saturated rings. The summed E-state index contributed by atoms with van der Waals surface area (Å²) in [4.78, 5) is 6.71. The van der Waals surface area contributed by atoms with Crippen LogP contribution in [0.2, 0.25) is 0 Å². The maximum atomic E-state index is 9.26. The molecule has 0 atom stereocenters. The standard InChI is InChI=1S/C21H28N2O2/c1-23(20-9-5-18(15-24)6-10-20)14-17-7-11-21(12-8-17)25-16-19-4-2-3-13-22-19/h2-4,7-8,11-13,18,20,24H,5-6,9-10,14-16H2,1H3. The average Bonchev–Trinajstić information content (AvgIpc) is 2.68. The molecule has 1 aliphatic rings. The predicted octanol–water partition coefficient (Wildman–Crippen LogP) is 3.64. The molecule has 4 nitrogen and oxygen atoms in total. The van der Waals surface area contributed by atoms with E-state index in [-0.39, 0.29) is 0 Å². The molecule has 0 radical (unpaired) electrons. The van der Waals surface area contributed by atoms with E-state index in [0.717, 1.165) is 30.8 Å². The van der Waals surface area contributed by atoms with E-state index < -0.39 is 0 Å². The topological polar surface area (TPSA) is 45.6 Å². The van der Waals surface area contributed by atoms with Gasteiger partial charge in [-0.3, -0.25) is 9.88 Å². The van der Waals surface area contributed by atoms with Gasteiger partial charge in [0.25, 0.3) is 0 Å². The number of aliphatic hydroxyl groups excluding tert-OH is 1. The van der Waals surface area contributed by atoms with Gasteiger partial charge in [0.05, 0.1) is 5.69 Å². The number of ether oxygens (including phenoxy) is 1. The number of rotatable bonds is 7. The lowest BCUT2D eigenvalue weighted by atomic mass is 9.86. The molecule has 1 N–H and O–H groups in total. The van der Waals surface area contributed by atoms with Crippen LogP contribution in [0.5, 0.6) is 5.75 Å². The fraction of sp³-hybridized carbons (Fsp3) is 0.476. The van der Waals surface area contributed by atoms with E-state index in [1.54, 1.807) is 6.20 Å². The van der Waals surface area contributed by atoms with Crippen molar-refractivity contribution in [1.82, 2.24) is 9.88 Å². The summed E-state index contributed by atoms with van der Waals surface area (Å²) in [6.07, 6.45) is 6.45. The van der Waals surface area contributed by atoms with Gasteiger partial charge in [-0.15, -0.1) is 0 Å². The molecule has 0 saturated heterocycles. The third kappa shape index (κ3) is 5.28. The van der Waals surface area contributed by atoms with Crippen LogP contribution in [0.25, 0.3) is 0 Å². The van der Waals surface area contributed by atoms with E-state index in [2.05, 4.69) is 29.1 Å². The third-order valence-electron chi connectivity index (χ3n) is 5.17. The molecule has 0 unspecified atom stereocenters. The van der Waals surface area contributed by atoms with Crippen molar-refractivity contribution in [1.29, 1.82) is 0 Å². The molecular weight excluding hydrogens is 312 g/mol. The highest BCUT2D eigenvalue weighted by Gasteiger charge is 2.23. The van der Waals surface area contributed by atoms with Crippen molar-refractivity contribution < 1.29 is 9.84 Å². The van der Waals surface area contributed by atoms with E-state index in [1.165, 1.54) is 18.4 Å². The second-order valence-electron chi connectivity index (χ2n) is 7.03. The van der Waals surface area contributed by atoms with Gasteiger partial charge in [0.2, 0.25) is 0 Å². The predicted molar refractivity (Wildman–Crippen MR) is 99.3 cm³/mol. The first kappa shape index (κ1) is 17.9. The molecule has 0 bridgehead atoms. The lowest BCUT2D eigenvalue weighted by Gasteiger charge is -2.34. The van der Waals surface area contributed by atoms with Gasteiger partial charge in [0.15, 0.2) is 0 Å². The van der Waals surface area contributed by atoms with E-state index in [0.29, 0.717) is 25.2 Å². The fourth-order valence-corrected chi connectivity index (χ4v) is 3.52. The molecule has 1 heterocycles. The first-order chi connectivity index (χ1) is 12.2. The summed E-state index contributed by atoms with van der Waals surface area (Å²) in [5.41, 5.74) is 2.24. The molecule has 0 spiro atoms. The number of nitrogens with zero attached hydrogens (tertiary/aromatic N) is 2. The molecule has 2 aromatic rings. The molecule has 0 amide bonds. The Hall–Kier alpha value is -1.91. The lowest BCUT2D eigenvalue weighted by Crippen LogP contribution is -2.35. The minimum Gasteiger partial charge on any atom is -0.487 e. The molecular formula is C21H28N2O2. The summed E-state index contributed by atoms with van der Waals surface area (Å²) < 4.78 is 5.79. The van der Waals surface area contributed by atoms with Crippen molar-refractivity contribution in [2.24, 2.45) is 5.92 Å². The minimum absolute atomic E-state index is 0.344. The largest absolute Gasteiger partial charge is 0.487 e. The zero-order valence-electron chi connectivity index (χ0n) is 15.0. The number of aliphatic hydroxyl groups is 1. The van der Waals surface area contributed by atoms with Gasteiger partial charge in [0.1, 0.15) is 12.4 Å². The molecule has 134 valence electrons. The second kappa shape index (κ2) is 8.97. The maximum absolute atomic E-state index is 9.26. The summed E-state index contributed by atoms with van der Waals surface area (Å²) in [6, 6.07) is 14.8. The molecule has 3 rings (SSSR count). The number of aromatic nitrogens is 1. The highest BCUT2D eigenvalue weighted by Crippen LogP contribution is 2.27. The second-order valence-corrected chi connectivity index (χ2v) is 7.03. The van der Waals surface area contributed by atoms with Gasteiger partial charge in [-0.1, -0.05) is 18.2 Å². The molecule has 4 heteroatoms. The van der Waals surface area contributed by atoms with Crippen LogP contribution in [-0.4, -0.2) is 34.7 Å². The molecule has 1 aromatic carbocycles. The Bertz CT molecular complexity index is 622. The zero-order chi connectivity index (χ0) is 17.5. The van der Waals surface area contributed by atoms with Crippen molar-refractivity contribution in [3.63, 3.8) is 0 Å². The number of benzene rings is 1. The van der Waals surface area contributed by atoms with Crippen molar-refractivity contribution in [3.05, 3.63) is 59.9 Å². The van der Waals surface area contributed by atoms with Crippen LogP contribution in [-0.2, 0) is 13.2 Å². The smallest absolute Gasteiger partial charge is 0.130 e. The zero-order valence-corrected chi connectivity index (χ0v) is 15.0. The van der Waals surface area contributed by atoms with Crippen LogP contribution < -0.4 is 4.74 Å².